The molecule has 0 aromatic heterocycles. The van der Waals surface area contributed by atoms with Gasteiger partial charge in [0.15, 0.2) is 0 Å². The Hall–Kier alpha value is 0.570. The zero-order valence-corrected chi connectivity index (χ0v) is 7.15. The second-order valence-corrected chi connectivity index (χ2v) is 3.97. The Morgan fingerprint density at radius 2 is 1.67 bits per heavy atom. The van der Waals surface area contributed by atoms with Gasteiger partial charge in [-0.05, 0) is 0 Å². The minimum atomic E-state index is -1.97. The highest BCUT2D eigenvalue weighted by Gasteiger charge is 2.31. The number of ketones is 1. The van der Waals surface area contributed by atoms with Gasteiger partial charge in [-0.3, -0.25) is 4.79 Å². The van der Waals surface area contributed by atoms with Crippen LogP contribution in [0.2, 0.25) is 0 Å². The average Bonchev–Trinajstić information content (AvgIpc) is 1.62. The predicted octanol–water partition coefficient (Wildman–Crippen LogP) is 2.68. The van der Waals surface area contributed by atoms with Crippen LogP contribution in [0.15, 0.2) is 11.6 Å². The fourth-order valence-corrected chi connectivity index (χ4v) is 0.783. The fraction of sp³-hybridized carbons (Fsp3) is 0.250. The maximum atomic E-state index is 10.5. The quantitative estimate of drug-likeness (QED) is 0.478. The molecule has 0 atom stereocenters. The summed E-state index contributed by atoms with van der Waals surface area (Å²) in [6.07, 6.45) is 0. The first-order valence-corrected chi connectivity index (χ1v) is 3.33. The van der Waals surface area contributed by atoms with Crippen LogP contribution in [0.5, 0.6) is 0 Å². The highest BCUT2D eigenvalue weighted by atomic mass is 35.6. The van der Waals surface area contributed by atoms with E-state index in [0.29, 0.717) is 0 Å². The highest BCUT2D eigenvalue weighted by Crippen LogP contribution is 2.30. The van der Waals surface area contributed by atoms with Crippen molar-refractivity contribution >= 4 is 52.2 Å². The maximum absolute atomic E-state index is 10.5. The number of allylic oxidation sites excluding steroid dienone is 1. The third-order valence-corrected chi connectivity index (χ3v) is 1.19. The lowest BCUT2D eigenvalue weighted by molar-refractivity contribution is -0.114. The van der Waals surface area contributed by atoms with Crippen LogP contribution in [-0.2, 0) is 4.79 Å². The van der Waals surface area contributed by atoms with Crippen molar-refractivity contribution in [2.24, 2.45) is 0 Å². The summed E-state index contributed by atoms with van der Waals surface area (Å²) >= 11 is 20.5. The third kappa shape index (κ3) is 3.31. The lowest BCUT2D eigenvalue weighted by atomic mass is 10.4. The van der Waals surface area contributed by atoms with Gasteiger partial charge in [0.05, 0.1) is 5.03 Å². The van der Waals surface area contributed by atoms with Gasteiger partial charge in [-0.1, -0.05) is 53.0 Å². The number of alkyl halides is 3. The number of Topliss-reactive ketones (excluding diaryl/α,β-unsaturated/α-hetero) is 1. The molecule has 0 N–H and O–H groups in total. The first-order chi connectivity index (χ1) is 3.85. The Bertz CT molecular complexity index is 145. The minimum absolute atomic E-state index is 0.282. The molecule has 0 spiro atoms. The van der Waals surface area contributed by atoms with E-state index in [-0.39, 0.29) is 5.03 Å². The van der Waals surface area contributed by atoms with Crippen LogP contribution in [0.4, 0.5) is 0 Å². The largest absolute Gasteiger partial charge is 0.288 e. The standard InChI is InChI=1S/C4H2Cl4O/c1-2(5)3(9)4(6,7)8/h1H2. The van der Waals surface area contributed by atoms with Crippen LogP contribution in [-0.4, -0.2) is 9.58 Å². The van der Waals surface area contributed by atoms with Gasteiger partial charge in [0.1, 0.15) is 0 Å². The van der Waals surface area contributed by atoms with E-state index >= 15 is 0 Å². The van der Waals surface area contributed by atoms with Gasteiger partial charge in [-0.15, -0.1) is 0 Å². The lowest BCUT2D eigenvalue weighted by Crippen LogP contribution is -2.17. The molecule has 0 aliphatic rings. The Labute approximate surface area is 72.5 Å². The Morgan fingerprint density at radius 3 is 1.67 bits per heavy atom. The lowest BCUT2D eigenvalue weighted by Gasteiger charge is -2.05. The molecule has 52 valence electrons. The zero-order valence-electron chi connectivity index (χ0n) is 4.13. The van der Waals surface area contributed by atoms with E-state index < -0.39 is 9.58 Å². The van der Waals surface area contributed by atoms with Crippen LogP contribution in [0.3, 0.4) is 0 Å². The van der Waals surface area contributed by atoms with Gasteiger partial charge in [-0.25, -0.2) is 0 Å². The minimum Gasteiger partial charge on any atom is -0.288 e. The fourth-order valence-electron chi connectivity index (χ4n) is 0.154. The molecule has 0 rings (SSSR count). The smallest absolute Gasteiger partial charge is 0.254 e. The predicted molar refractivity (Wildman–Crippen MR) is 40.3 cm³/mol. The van der Waals surface area contributed by atoms with E-state index in [1.165, 1.54) is 0 Å². The van der Waals surface area contributed by atoms with Crippen LogP contribution < -0.4 is 0 Å². The van der Waals surface area contributed by atoms with E-state index in [4.69, 9.17) is 46.4 Å². The number of rotatable bonds is 1. The van der Waals surface area contributed by atoms with Crippen molar-refractivity contribution in [3.8, 4) is 0 Å². The summed E-state index contributed by atoms with van der Waals surface area (Å²) in [5.41, 5.74) is 0. The van der Waals surface area contributed by atoms with Crippen LogP contribution in [0.1, 0.15) is 0 Å². The van der Waals surface area contributed by atoms with Crippen molar-refractivity contribution in [2.75, 3.05) is 0 Å². The molecule has 0 amide bonds. The number of carbonyl (C=O) groups excluding carboxylic acids is 1. The van der Waals surface area contributed by atoms with Crippen LogP contribution >= 0.6 is 46.4 Å². The van der Waals surface area contributed by atoms with Crippen molar-refractivity contribution < 1.29 is 4.79 Å². The summed E-state index contributed by atoms with van der Waals surface area (Å²) in [4.78, 5) is 10.5. The van der Waals surface area contributed by atoms with Crippen molar-refractivity contribution in [1.82, 2.24) is 0 Å². The molecule has 0 fully saturated rings. The van der Waals surface area contributed by atoms with E-state index in [0.717, 1.165) is 0 Å². The van der Waals surface area contributed by atoms with Gasteiger partial charge in [-0.2, -0.15) is 0 Å². The van der Waals surface area contributed by atoms with Crippen LogP contribution in [0.25, 0.3) is 0 Å². The summed E-state index contributed by atoms with van der Waals surface area (Å²) in [7, 11) is 0. The molecule has 0 heterocycles. The van der Waals surface area contributed by atoms with Gasteiger partial charge in [0, 0.05) is 0 Å². The molecule has 0 unspecified atom stereocenters. The molecule has 0 saturated heterocycles. The molecule has 5 heteroatoms. The van der Waals surface area contributed by atoms with Gasteiger partial charge >= 0.3 is 0 Å². The second-order valence-electron chi connectivity index (χ2n) is 1.23. The van der Waals surface area contributed by atoms with E-state index in [2.05, 4.69) is 6.58 Å². The van der Waals surface area contributed by atoms with Crippen molar-refractivity contribution in [2.45, 2.75) is 3.79 Å². The summed E-state index contributed by atoms with van der Waals surface area (Å²) in [5.74, 6) is -0.797. The first kappa shape index (κ1) is 9.57. The molecule has 0 radical (unpaired) electrons. The van der Waals surface area contributed by atoms with Crippen molar-refractivity contribution in [3.05, 3.63) is 11.6 Å². The molecular weight excluding hydrogens is 206 g/mol. The summed E-state index contributed by atoms with van der Waals surface area (Å²) in [6, 6.07) is 0. The molecule has 1 nitrogen and oxygen atoms in total. The van der Waals surface area contributed by atoms with E-state index in [1.807, 2.05) is 0 Å². The molecule has 0 saturated carbocycles. The SMILES string of the molecule is C=C(Cl)C(=O)C(Cl)(Cl)Cl. The topological polar surface area (TPSA) is 17.1 Å². The molecule has 9 heavy (non-hydrogen) atoms. The average molecular weight is 208 g/mol. The molecule has 0 aromatic carbocycles. The summed E-state index contributed by atoms with van der Waals surface area (Å²) < 4.78 is -1.97. The number of halogens is 4. The van der Waals surface area contributed by atoms with E-state index in [1.54, 1.807) is 0 Å². The van der Waals surface area contributed by atoms with Crippen LogP contribution in [0, 0.1) is 0 Å². The normalized spacial score (nSPS) is 11.1. The first-order valence-electron chi connectivity index (χ1n) is 1.81. The number of hydrogen-bond acceptors (Lipinski definition) is 1. The number of carbonyl (C=O) groups is 1. The summed E-state index contributed by atoms with van der Waals surface area (Å²) in [6.45, 7) is 3.08. The number of hydrogen-bond donors (Lipinski definition) is 0. The highest BCUT2D eigenvalue weighted by molar-refractivity contribution is 6.79. The van der Waals surface area contributed by atoms with Crippen molar-refractivity contribution in [1.29, 1.82) is 0 Å². The molecule has 0 bridgehead atoms. The second kappa shape index (κ2) is 3.11. The Kier molecular flexibility index (Phi) is 3.30. The Morgan fingerprint density at radius 1 is 1.33 bits per heavy atom. The van der Waals surface area contributed by atoms with E-state index in [9.17, 15) is 4.79 Å². The molecule has 0 aliphatic heterocycles. The monoisotopic (exact) mass is 206 g/mol. The Balaban J connectivity index is 4.23. The van der Waals surface area contributed by atoms with Gasteiger partial charge < -0.3 is 0 Å². The maximum Gasteiger partial charge on any atom is 0.254 e. The molecule has 0 aromatic rings. The zero-order chi connectivity index (χ0) is 7.65. The van der Waals surface area contributed by atoms with Gasteiger partial charge in [0.2, 0.25) is 5.78 Å². The third-order valence-electron chi connectivity index (χ3n) is 0.504. The van der Waals surface area contributed by atoms with Crippen molar-refractivity contribution in [3.63, 3.8) is 0 Å². The summed E-state index contributed by atoms with van der Waals surface area (Å²) in [5, 5.41) is -0.282. The molecular formula is C4H2Cl4O. The van der Waals surface area contributed by atoms with Gasteiger partial charge in [0.25, 0.3) is 3.79 Å². The molecule has 0 aliphatic carbocycles.